The number of aryl methyl sites for hydroxylation is 1. The van der Waals surface area contributed by atoms with Crippen molar-refractivity contribution in [2.75, 3.05) is 38.2 Å². The van der Waals surface area contributed by atoms with Gasteiger partial charge in [0.15, 0.2) is 0 Å². The number of hydrogen-bond acceptors (Lipinski definition) is 6. The summed E-state index contributed by atoms with van der Waals surface area (Å²) in [6.07, 6.45) is 3.02. The highest BCUT2D eigenvalue weighted by Gasteiger charge is 2.34. The van der Waals surface area contributed by atoms with E-state index in [-0.39, 0.29) is 17.7 Å². The third kappa shape index (κ3) is 4.96. The highest BCUT2D eigenvalue weighted by Crippen LogP contribution is 2.32. The van der Waals surface area contributed by atoms with E-state index in [0.29, 0.717) is 25.6 Å². The number of ether oxygens (including phenoxy) is 1. The molecule has 5 rings (SSSR count). The summed E-state index contributed by atoms with van der Waals surface area (Å²) in [5, 5.41) is 11.8. The van der Waals surface area contributed by atoms with E-state index in [4.69, 9.17) is 14.7 Å². The predicted molar refractivity (Wildman–Crippen MR) is 136 cm³/mol. The van der Waals surface area contributed by atoms with Gasteiger partial charge in [-0.1, -0.05) is 30.3 Å². The van der Waals surface area contributed by atoms with Gasteiger partial charge in [-0.15, -0.1) is 0 Å². The Morgan fingerprint density at radius 2 is 1.83 bits per heavy atom. The first-order chi connectivity index (χ1) is 17.0. The highest BCUT2D eigenvalue weighted by molar-refractivity contribution is 5.83. The molecular weight excluding hydrogens is 440 g/mol. The van der Waals surface area contributed by atoms with Crippen LogP contribution in [0.2, 0.25) is 0 Å². The fraction of sp³-hybridized carbons (Fsp3) is 0.464. The average molecular weight is 475 g/mol. The molecule has 3 heterocycles. The minimum atomic E-state index is -0.467. The molecule has 0 unspecified atom stereocenters. The Labute approximate surface area is 206 Å². The maximum absolute atomic E-state index is 13.4. The minimum absolute atomic E-state index is 0.0516. The summed E-state index contributed by atoms with van der Waals surface area (Å²) in [5.74, 6) is 1.82. The van der Waals surface area contributed by atoms with Crippen LogP contribution >= 0.6 is 0 Å². The van der Waals surface area contributed by atoms with Gasteiger partial charge in [0.1, 0.15) is 5.75 Å². The number of anilines is 1. The fourth-order valence-electron chi connectivity index (χ4n) is 5.50. The van der Waals surface area contributed by atoms with E-state index in [1.165, 1.54) is 0 Å². The molecule has 0 radical (unpaired) electrons. The first-order valence-corrected chi connectivity index (χ1v) is 12.6. The van der Waals surface area contributed by atoms with Crippen LogP contribution in [-0.4, -0.2) is 59.2 Å². The number of aromatic nitrogens is 2. The largest absolute Gasteiger partial charge is 0.497 e. The molecule has 2 atom stereocenters. The second kappa shape index (κ2) is 10.2. The zero-order valence-electron chi connectivity index (χ0n) is 20.6. The number of carbonyl (C=O) groups excluding carboxylic acids is 1. The van der Waals surface area contributed by atoms with Crippen molar-refractivity contribution in [1.82, 2.24) is 14.9 Å². The van der Waals surface area contributed by atoms with Gasteiger partial charge in [-0.2, -0.15) is 0 Å². The number of amides is 1. The summed E-state index contributed by atoms with van der Waals surface area (Å²) >= 11 is 0. The number of carbonyl (C=O) groups is 1. The molecule has 2 aliphatic rings. The quantitative estimate of drug-likeness (QED) is 0.599. The Morgan fingerprint density at radius 3 is 2.57 bits per heavy atom. The van der Waals surface area contributed by atoms with Crippen molar-refractivity contribution < 1.29 is 14.6 Å². The van der Waals surface area contributed by atoms with E-state index in [0.717, 1.165) is 60.1 Å². The van der Waals surface area contributed by atoms with Crippen molar-refractivity contribution in [3.63, 3.8) is 0 Å². The van der Waals surface area contributed by atoms with Crippen molar-refractivity contribution in [2.45, 2.75) is 38.7 Å². The Bertz CT molecular complexity index is 1180. The number of aliphatic hydroxyl groups excluding tert-OH is 1. The van der Waals surface area contributed by atoms with Crippen LogP contribution in [0.5, 0.6) is 5.75 Å². The van der Waals surface area contributed by atoms with Gasteiger partial charge in [-0.25, -0.2) is 9.97 Å². The van der Waals surface area contributed by atoms with Crippen LogP contribution in [0, 0.1) is 18.8 Å². The molecule has 2 aromatic carbocycles. The minimum Gasteiger partial charge on any atom is -0.497 e. The number of likely N-dealkylation sites (tertiary alicyclic amines) is 1. The number of fused-ring (bicyclic) bond motifs is 1. The molecule has 2 aliphatic heterocycles. The molecular formula is C28H34N4O3. The number of rotatable bonds is 5. The molecule has 7 nitrogen and oxygen atoms in total. The number of piperidine rings is 2. The smallest absolute Gasteiger partial charge is 0.227 e. The summed E-state index contributed by atoms with van der Waals surface area (Å²) in [6, 6.07) is 15.7. The molecule has 2 fully saturated rings. The molecule has 35 heavy (non-hydrogen) atoms. The lowest BCUT2D eigenvalue weighted by Gasteiger charge is -2.38. The molecule has 1 aromatic heterocycles. The molecule has 184 valence electrons. The van der Waals surface area contributed by atoms with E-state index < -0.39 is 6.10 Å². The summed E-state index contributed by atoms with van der Waals surface area (Å²) in [7, 11) is 1.65. The summed E-state index contributed by atoms with van der Waals surface area (Å²) in [6.45, 7) is 4.90. The molecule has 0 aliphatic carbocycles. The molecule has 1 amide bonds. The second-order valence-corrected chi connectivity index (χ2v) is 9.80. The zero-order chi connectivity index (χ0) is 24.4. The molecule has 3 aromatic rings. The van der Waals surface area contributed by atoms with E-state index >= 15 is 0 Å². The SMILES string of the molecule is COc1ccc2c(C)nc(N3CCC[C@H](C(=O)N4CCC([C@@H](O)c5ccccc5)CC4)C3)nc2c1. The standard InChI is InChI=1S/C28H34N4O3/c1-19-24-11-10-23(35-2)17-25(24)30-28(29-19)32-14-6-9-22(18-32)27(34)31-15-12-21(13-16-31)26(33)20-7-4-3-5-8-20/h3-5,7-8,10-11,17,21-22,26,33H,6,9,12-16,18H2,1-2H3/t22-,26-/m0/s1. The van der Waals surface area contributed by atoms with Gasteiger partial charge in [-0.05, 0) is 56.2 Å². The Morgan fingerprint density at radius 1 is 1.06 bits per heavy atom. The van der Waals surface area contributed by atoms with Crippen LogP contribution in [0.15, 0.2) is 48.5 Å². The lowest BCUT2D eigenvalue weighted by Crippen LogP contribution is -2.48. The van der Waals surface area contributed by atoms with Crippen LogP contribution in [0.25, 0.3) is 10.9 Å². The summed E-state index contributed by atoms with van der Waals surface area (Å²) in [4.78, 5) is 27.2. The van der Waals surface area contributed by atoms with Crippen molar-refractivity contribution in [3.05, 3.63) is 59.8 Å². The highest BCUT2D eigenvalue weighted by atomic mass is 16.5. The van der Waals surface area contributed by atoms with Gasteiger partial charge in [0.2, 0.25) is 11.9 Å². The third-order valence-corrected chi connectivity index (χ3v) is 7.58. The zero-order valence-corrected chi connectivity index (χ0v) is 20.6. The van der Waals surface area contributed by atoms with E-state index in [1.807, 2.05) is 60.4 Å². The van der Waals surface area contributed by atoms with Crippen LogP contribution in [0.1, 0.15) is 43.0 Å². The van der Waals surface area contributed by atoms with Crippen LogP contribution in [-0.2, 0) is 4.79 Å². The number of methoxy groups -OCH3 is 1. The number of benzene rings is 2. The molecule has 2 saturated heterocycles. The maximum Gasteiger partial charge on any atom is 0.227 e. The van der Waals surface area contributed by atoms with Crippen LogP contribution < -0.4 is 9.64 Å². The normalized spacial score (nSPS) is 20.1. The predicted octanol–water partition coefficient (Wildman–Crippen LogP) is 4.14. The van der Waals surface area contributed by atoms with Crippen molar-refractivity contribution >= 4 is 22.8 Å². The number of hydrogen-bond donors (Lipinski definition) is 1. The van der Waals surface area contributed by atoms with Crippen molar-refractivity contribution in [3.8, 4) is 5.75 Å². The lowest BCUT2D eigenvalue weighted by molar-refractivity contribution is -0.137. The lowest BCUT2D eigenvalue weighted by atomic mass is 9.86. The average Bonchev–Trinajstić information content (AvgIpc) is 2.92. The molecule has 7 heteroatoms. The van der Waals surface area contributed by atoms with Crippen molar-refractivity contribution in [2.24, 2.45) is 11.8 Å². The molecule has 1 N–H and O–H groups in total. The van der Waals surface area contributed by atoms with Gasteiger partial charge in [0.25, 0.3) is 0 Å². The summed E-state index contributed by atoms with van der Waals surface area (Å²) in [5.41, 5.74) is 2.75. The Hall–Kier alpha value is -3.19. The monoisotopic (exact) mass is 474 g/mol. The Kier molecular flexibility index (Phi) is 6.86. The topological polar surface area (TPSA) is 78.8 Å². The molecule has 0 spiro atoms. The van der Waals surface area contributed by atoms with Crippen molar-refractivity contribution in [1.29, 1.82) is 0 Å². The number of aliphatic hydroxyl groups is 1. The van der Waals surface area contributed by atoms with Gasteiger partial charge in [0.05, 0.1) is 30.3 Å². The third-order valence-electron chi connectivity index (χ3n) is 7.58. The second-order valence-electron chi connectivity index (χ2n) is 9.80. The van der Waals surface area contributed by atoms with Crippen LogP contribution in [0.4, 0.5) is 5.95 Å². The first kappa shape index (κ1) is 23.5. The Balaban J connectivity index is 1.24. The fourth-order valence-corrected chi connectivity index (χ4v) is 5.50. The molecule has 0 bridgehead atoms. The van der Waals surface area contributed by atoms with Gasteiger partial charge >= 0.3 is 0 Å². The van der Waals surface area contributed by atoms with Gasteiger partial charge < -0.3 is 19.6 Å². The van der Waals surface area contributed by atoms with E-state index in [1.54, 1.807) is 7.11 Å². The summed E-state index contributed by atoms with van der Waals surface area (Å²) < 4.78 is 5.37. The van der Waals surface area contributed by atoms with Gasteiger partial charge in [0, 0.05) is 37.6 Å². The first-order valence-electron chi connectivity index (χ1n) is 12.6. The maximum atomic E-state index is 13.4. The number of nitrogens with zero attached hydrogens (tertiary/aromatic N) is 4. The van der Waals surface area contributed by atoms with E-state index in [2.05, 4.69) is 4.90 Å². The molecule has 0 saturated carbocycles. The van der Waals surface area contributed by atoms with Crippen LogP contribution in [0.3, 0.4) is 0 Å². The van der Waals surface area contributed by atoms with E-state index in [9.17, 15) is 9.90 Å². The van der Waals surface area contributed by atoms with Gasteiger partial charge in [-0.3, -0.25) is 4.79 Å².